The van der Waals surface area contributed by atoms with Crippen LogP contribution in [0.3, 0.4) is 0 Å². The minimum Gasteiger partial charge on any atom is -0.424 e. The smallest absolute Gasteiger partial charge is 0.322 e. The number of hydrogen-bond donors (Lipinski definition) is 2. The molecule has 20 heavy (non-hydrogen) atoms. The summed E-state index contributed by atoms with van der Waals surface area (Å²) in [4.78, 5) is 3.15. The Balaban J connectivity index is 1.93. The lowest BCUT2D eigenvalue weighted by atomic mass is 10.2. The molecule has 3 aromatic rings. The molecule has 2 heterocycles. The van der Waals surface area contributed by atoms with Crippen molar-refractivity contribution in [3.8, 4) is 11.8 Å². The van der Waals surface area contributed by atoms with E-state index in [1.54, 1.807) is 0 Å². The predicted molar refractivity (Wildman–Crippen MR) is 76.7 cm³/mol. The second-order valence-corrected chi connectivity index (χ2v) is 4.70. The van der Waals surface area contributed by atoms with Gasteiger partial charge in [0.25, 0.3) is 0 Å². The van der Waals surface area contributed by atoms with E-state index in [0.717, 1.165) is 22.5 Å². The van der Waals surface area contributed by atoms with Crippen molar-refractivity contribution in [3.63, 3.8) is 0 Å². The van der Waals surface area contributed by atoms with E-state index in [2.05, 4.69) is 15.2 Å². The highest BCUT2D eigenvalue weighted by Gasteiger charge is 2.15. The Morgan fingerprint density at radius 3 is 2.95 bits per heavy atom. The fraction of sp³-hybridized carbons (Fsp3) is 0.286. The molecule has 0 fully saturated rings. The number of fused-ring (bicyclic) bond motifs is 1. The number of nitrogens with one attached hydrogen (secondary N) is 1. The first-order valence-electron chi connectivity index (χ1n) is 6.62. The number of H-pyrrole nitrogens is 1. The zero-order valence-electron chi connectivity index (χ0n) is 11.5. The predicted octanol–water partition coefficient (Wildman–Crippen LogP) is 2.59. The summed E-state index contributed by atoms with van der Waals surface area (Å²) in [5, 5.41) is 9.31. The van der Waals surface area contributed by atoms with E-state index in [0.29, 0.717) is 12.6 Å². The molecule has 0 unspecified atom stereocenters. The number of nitrogens with two attached hydrogens (primary N) is 1. The van der Waals surface area contributed by atoms with Gasteiger partial charge < -0.3 is 15.5 Å². The summed E-state index contributed by atoms with van der Waals surface area (Å²) in [6.07, 6.45) is 1.90. The first kappa shape index (κ1) is 12.7. The van der Waals surface area contributed by atoms with Gasteiger partial charge in [-0.05, 0) is 37.4 Å². The molecule has 0 aliphatic rings. The van der Waals surface area contributed by atoms with Gasteiger partial charge in [-0.15, -0.1) is 5.10 Å². The summed E-state index contributed by atoms with van der Waals surface area (Å²) in [6.45, 7) is 4.60. The number of aromatic nitrogens is 4. The second-order valence-electron chi connectivity index (χ2n) is 4.70. The van der Waals surface area contributed by atoms with Crippen LogP contribution in [0.1, 0.15) is 25.7 Å². The van der Waals surface area contributed by atoms with Crippen LogP contribution in [0.2, 0.25) is 0 Å². The van der Waals surface area contributed by atoms with Crippen LogP contribution in [-0.2, 0) is 6.54 Å². The first-order valence-corrected chi connectivity index (χ1v) is 6.62. The zero-order valence-corrected chi connectivity index (χ0v) is 11.5. The number of nitrogens with zero attached hydrogens (tertiary/aromatic N) is 3. The van der Waals surface area contributed by atoms with Gasteiger partial charge in [0.15, 0.2) is 5.82 Å². The molecule has 104 valence electrons. The molecule has 0 bridgehead atoms. The third-order valence-corrected chi connectivity index (χ3v) is 3.20. The van der Waals surface area contributed by atoms with Gasteiger partial charge in [0.05, 0.1) is 6.04 Å². The van der Waals surface area contributed by atoms with Gasteiger partial charge >= 0.3 is 6.01 Å². The van der Waals surface area contributed by atoms with Crippen LogP contribution in [0.15, 0.2) is 30.5 Å². The summed E-state index contributed by atoms with van der Waals surface area (Å²) in [6, 6.07) is 8.16. The molecule has 3 rings (SSSR count). The average molecular weight is 271 g/mol. The van der Waals surface area contributed by atoms with Crippen molar-refractivity contribution in [1.29, 1.82) is 0 Å². The number of rotatable bonds is 4. The maximum absolute atomic E-state index is 5.87. The normalized spacial score (nSPS) is 12.8. The molecule has 1 aromatic carbocycles. The Hall–Kier alpha value is -2.34. The van der Waals surface area contributed by atoms with E-state index in [1.165, 1.54) is 0 Å². The molecule has 0 saturated heterocycles. The Bertz CT molecular complexity index is 728. The molecular formula is C14H17N5O. The molecule has 0 radical (unpaired) electrons. The van der Waals surface area contributed by atoms with Gasteiger partial charge in [0.1, 0.15) is 5.75 Å². The Morgan fingerprint density at radius 1 is 1.35 bits per heavy atom. The lowest BCUT2D eigenvalue weighted by molar-refractivity contribution is 0.409. The minimum absolute atomic E-state index is 0.175. The van der Waals surface area contributed by atoms with Crippen LogP contribution in [0, 0.1) is 0 Å². The number of aromatic amines is 1. The van der Waals surface area contributed by atoms with Crippen molar-refractivity contribution in [2.45, 2.75) is 26.4 Å². The average Bonchev–Trinajstić information content (AvgIpc) is 3.04. The van der Waals surface area contributed by atoms with Crippen LogP contribution < -0.4 is 10.5 Å². The third kappa shape index (κ3) is 2.14. The fourth-order valence-corrected chi connectivity index (χ4v) is 2.21. The van der Waals surface area contributed by atoms with Crippen LogP contribution in [0.4, 0.5) is 0 Å². The number of hydrogen-bond acceptors (Lipinski definition) is 4. The third-order valence-electron chi connectivity index (χ3n) is 3.20. The van der Waals surface area contributed by atoms with E-state index in [-0.39, 0.29) is 6.04 Å². The summed E-state index contributed by atoms with van der Waals surface area (Å²) < 4.78 is 7.70. The SMILES string of the molecule is CCn1c(Oc2ccc3cc[nH]c3c2)nnc1[C@@H](C)N. The molecule has 0 aliphatic carbocycles. The highest BCUT2D eigenvalue weighted by molar-refractivity contribution is 5.80. The van der Waals surface area contributed by atoms with Gasteiger partial charge in [0, 0.05) is 24.3 Å². The molecule has 0 saturated carbocycles. The Labute approximate surface area is 116 Å². The lowest BCUT2D eigenvalue weighted by Gasteiger charge is -2.10. The molecule has 0 spiro atoms. The van der Waals surface area contributed by atoms with E-state index >= 15 is 0 Å². The van der Waals surface area contributed by atoms with Crippen molar-refractivity contribution in [2.24, 2.45) is 5.73 Å². The summed E-state index contributed by atoms with van der Waals surface area (Å²) in [5.74, 6) is 1.45. The van der Waals surface area contributed by atoms with Crippen molar-refractivity contribution in [1.82, 2.24) is 19.7 Å². The van der Waals surface area contributed by atoms with Crippen LogP contribution >= 0.6 is 0 Å². The van der Waals surface area contributed by atoms with Crippen LogP contribution in [-0.4, -0.2) is 19.7 Å². The van der Waals surface area contributed by atoms with E-state index in [1.807, 2.05) is 48.9 Å². The lowest BCUT2D eigenvalue weighted by Crippen LogP contribution is -2.13. The quantitative estimate of drug-likeness (QED) is 0.764. The molecule has 6 heteroatoms. The van der Waals surface area contributed by atoms with Crippen LogP contribution in [0.5, 0.6) is 11.8 Å². The van der Waals surface area contributed by atoms with Gasteiger partial charge in [-0.3, -0.25) is 4.57 Å². The molecular weight excluding hydrogens is 254 g/mol. The molecule has 1 atom stereocenters. The fourth-order valence-electron chi connectivity index (χ4n) is 2.21. The number of ether oxygens (including phenoxy) is 1. The topological polar surface area (TPSA) is 81.8 Å². The largest absolute Gasteiger partial charge is 0.424 e. The summed E-state index contributed by atoms with van der Waals surface area (Å²) in [5.41, 5.74) is 6.90. The second kappa shape index (κ2) is 4.97. The summed E-state index contributed by atoms with van der Waals surface area (Å²) in [7, 11) is 0. The highest BCUT2D eigenvalue weighted by atomic mass is 16.5. The van der Waals surface area contributed by atoms with Gasteiger partial charge in [-0.25, -0.2) is 0 Å². The number of benzene rings is 1. The van der Waals surface area contributed by atoms with E-state index < -0.39 is 0 Å². The molecule has 2 aromatic heterocycles. The maximum atomic E-state index is 5.87. The standard InChI is InChI=1S/C14H17N5O/c1-3-19-13(9(2)15)17-18-14(19)20-11-5-4-10-6-7-16-12(10)8-11/h4-9,16H,3,15H2,1-2H3/t9-/m1/s1. The Morgan fingerprint density at radius 2 is 2.20 bits per heavy atom. The van der Waals surface area contributed by atoms with Crippen molar-refractivity contribution in [3.05, 3.63) is 36.3 Å². The van der Waals surface area contributed by atoms with Crippen LogP contribution in [0.25, 0.3) is 10.9 Å². The van der Waals surface area contributed by atoms with Crippen molar-refractivity contribution < 1.29 is 4.74 Å². The monoisotopic (exact) mass is 271 g/mol. The maximum Gasteiger partial charge on any atom is 0.322 e. The van der Waals surface area contributed by atoms with E-state index in [9.17, 15) is 0 Å². The zero-order chi connectivity index (χ0) is 14.1. The minimum atomic E-state index is -0.175. The highest BCUT2D eigenvalue weighted by Crippen LogP contribution is 2.25. The first-order chi connectivity index (χ1) is 9.69. The Kier molecular flexibility index (Phi) is 3.15. The van der Waals surface area contributed by atoms with E-state index in [4.69, 9.17) is 10.5 Å². The van der Waals surface area contributed by atoms with Crippen molar-refractivity contribution >= 4 is 10.9 Å². The van der Waals surface area contributed by atoms with Gasteiger partial charge in [-0.1, -0.05) is 5.10 Å². The van der Waals surface area contributed by atoms with Gasteiger partial charge in [0.2, 0.25) is 0 Å². The molecule has 6 nitrogen and oxygen atoms in total. The van der Waals surface area contributed by atoms with Crippen molar-refractivity contribution in [2.75, 3.05) is 0 Å². The molecule has 0 aliphatic heterocycles. The summed E-state index contributed by atoms with van der Waals surface area (Å²) >= 11 is 0. The van der Waals surface area contributed by atoms with Gasteiger partial charge in [-0.2, -0.15) is 0 Å². The molecule has 0 amide bonds. The molecule has 3 N–H and O–H groups in total.